The lowest BCUT2D eigenvalue weighted by atomic mass is 9.66. The number of carbonyl (C=O) groups excluding carboxylic acids is 1. The summed E-state index contributed by atoms with van der Waals surface area (Å²) in [6.45, 7) is 0. The van der Waals surface area contributed by atoms with Crippen LogP contribution in [0.5, 0.6) is 5.75 Å². The van der Waals surface area contributed by atoms with Crippen LogP contribution in [0.1, 0.15) is 22.8 Å². The summed E-state index contributed by atoms with van der Waals surface area (Å²) in [6.07, 6.45) is 0.733. The summed E-state index contributed by atoms with van der Waals surface area (Å²) >= 11 is 2.83. The molecule has 4 aliphatic rings. The Kier molecular flexibility index (Phi) is 3.11. The second-order valence-corrected chi connectivity index (χ2v) is 9.96. The molecule has 2 N–H and O–H groups in total. The van der Waals surface area contributed by atoms with Crippen LogP contribution in [0.4, 0.5) is 0 Å². The Morgan fingerprint density at radius 1 is 1.22 bits per heavy atom. The van der Waals surface area contributed by atoms with Gasteiger partial charge in [0.2, 0.25) is 0 Å². The van der Waals surface area contributed by atoms with Crippen molar-refractivity contribution in [3.05, 3.63) is 44.4 Å². The Labute approximate surface area is 161 Å². The van der Waals surface area contributed by atoms with Crippen molar-refractivity contribution < 1.29 is 19.4 Å². The number of esters is 1. The van der Waals surface area contributed by atoms with Crippen LogP contribution in [0.15, 0.2) is 34.1 Å². The van der Waals surface area contributed by atoms with Gasteiger partial charge in [-0.25, -0.2) is 0 Å². The number of H-pyrrole nitrogens is 1. The first-order valence-corrected chi connectivity index (χ1v) is 10.7. The third kappa shape index (κ3) is 1.95. The van der Waals surface area contributed by atoms with Gasteiger partial charge < -0.3 is 14.8 Å². The van der Waals surface area contributed by atoms with Crippen molar-refractivity contribution in [3.63, 3.8) is 0 Å². The van der Waals surface area contributed by atoms with E-state index in [0.717, 1.165) is 21.9 Å². The molecule has 6 rings (SSSR count). The molecule has 7 atom stereocenters. The molecular formula is C19H15NO5S2. The van der Waals surface area contributed by atoms with Crippen LogP contribution in [-0.2, 0) is 9.59 Å². The summed E-state index contributed by atoms with van der Waals surface area (Å²) in [7, 11) is 0. The fourth-order valence-corrected chi connectivity index (χ4v) is 8.83. The lowest BCUT2D eigenvalue weighted by molar-refractivity contribution is -0.156. The van der Waals surface area contributed by atoms with Crippen molar-refractivity contribution in [2.24, 2.45) is 29.6 Å². The monoisotopic (exact) mass is 401 g/mol. The smallest absolute Gasteiger partial charge is 0.315 e. The van der Waals surface area contributed by atoms with Gasteiger partial charge in [-0.1, -0.05) is 29.5 Å². The van der Waals surface area contributed by atoms with Gasteiger partial charge in [0.05, 0.1) is 16.9 Å². The number of aromatic amines is 1. The maximum Gasteiger partial charge on any atom is 0.315 e. The van der Waals surface area contributed by atoms with E-state index in [9.17, 15) is 19.5 Å². The number of ether oxygens (including phenoxy) is 1. The van der Waals surface area contributed by atoms with Gasteiger partial charge in [-0.05, 0) is 30.2 Å². The Balaban J connectivity index is 1.64. The highest BCUT2D eigenvalue weighted by Crippen LogP contribution is 2.68. The summed E-state index contributed by atoms with van der Waals surface area (Å²) in [5.41, 5.74) is 0.926. The highest BCUT2D eigenvalue weighted by Gasteiger charge is 2.67. The van der Waals surface area contributed by atoms with Crippen LogP contribution in [0, 0.1) is 29.6 Å². The zero-order chi connectivity index (χ0) is 18.4. The van der Waals surface area contributed by atoms with E-state index in [1.165, 1.54) is 11.3 Å². The Morgan fingerprint density at radius 2 is 2.04 bits per heavy atom. The molecule has 0 amide bonds. The molecule has 3 heterocycles. The van der Waals surface area contributed by atoms with E-state index < -0.39 is 23.8 Å². The number of nitrogens with one attached hydrogen (secondary N) is 1. The van der Waals surface area contributed by atoms with Crippen molar-refractivity contribution in [3.8, 4) is 5.75 Å². The molecule has 1 aromatic heterocycles. The fraction of sp³-hybridized carbons (Fsp3) is 0.421. The number of aromatic nitrogens is 1. The third-order valence-corrected chi connectivity index (χ3v) is 9.32. The zero-order valence-corrected chi connectivity index (χ0v) is 15.6. The third-order valence-electron chi connectivity index (χ3n) is 6.73. The minimum Gasteiger partial charge on any atom is -0.481 e. The maximum absolute atomic E-state index is 12.9. The van der Waals surface area contributed by atoms with Gasteiger partial charge in [0.1, 0.15) is 5.75 Å². The van der Waals surface area contributed by atoms with Gasteiger partial charge >= 0.3 is 16.8 Å². The number of thioether (sulfide) groups is 1. The number of para-hydroxylation sites is 1. The molecule has 27 heavy (non-hydrogen) atoms. The number of hydrogen-bond acceptors (Lipinski definition) is 6. The lowest BCUT2D eigenvalue weighted by Crippen LogP contribution is -2.49. The van der Waals surface area contributed by atoms with Crippen LogP contribution < -0.4 is 9.61 Å². The Morgan fingerprint density at radius 3 is 2.85 bits per heavy atom. The van der Waals surface area contributed by atoms with Crippen LogP contribution in [0.2, 0.25) is 0 Å². The van der Waals surface area contributed by atoms with Gasteiger partial charge in [-0.2, -0.15) is 0 Å². The second kappa shape index (κ2) is 5.26. The molecular weight excluding hydrogens is 386 g/mol. The molecule has 0 saturated heterocycles. The average molecular weight is 401 g/mol. The Hall–Kier alpha value is -2.06. The molecule has 2 aliphatic carbocycles. The number of aliphatic carboxylic acids is 1. The van der Waals surface area contributed by atoms with Crippen molar-refractivity contribution in [2.75, 3.05) is 0 Å². The predicted molar refractivity (Wildman–Crippen MR) is 98.2 cm³/mol. The SMILES string of the molecule is O=C1Oc2ccccc2[C@@H]2c3sc(=O)[nH]c3S[C@@H]3[C@@H]4C[C@H]([C@@H]1[C@H]4C(=O)O)[C@H]23. The van der Waals surface area contributed by atoms with E-state index in [1.807, 2.05) is 18.2 Å². The van der Waals surface area contributed by atoms with Gasteiger partial charge in [0.25, 0.3) is 0 Å². The number of carboxylic acids is 1. The first-order chi connectivity index (χ1) is 13.0. The summed E-state index contributed by atoms with van der Waals surface area (Å²) in [4.78, 5) is 40.9. The van der Waals surface area contributed by atoms with Crippen molar-refractivity contribution in [1.82, 2.24) is 4.98 Å². The highest BCUT2D eigenvalue weighted by atomic mass is 32.2. The molecule has 2 aromatic rings. The van der Waals surface area contributed by atoms with E-state index >= 15 is 0 Å². The Bertz CT molecular complexity index is 1060. The molecule has 138 valence electrons. The fourth-order valence-electron chi connectivity index (χ4n) is 5.95. The van der Waals surface area contributed by atoms with Gasteiger partial charge in [0, 0.05) is 21.6 Å². The van der Waals surface area contributed by atoms with Crippen LogP contribution in [-0.4, -0.2) is 27.3 Å². The molecule has 0 radical (unpaired) electrons. The standard InChI is InChI=1S/C19H15NO5S2/c21-17(22)12-8-5-7-11-10(15-16(26-14(8)11)20-19(24)27-15)6-3-1-2-4-9(6)25-18(23)13(7)12/h1-4,7-8,10-14H,5H2,(H,20,24)(H,21,22)/t7-,8+,10-,11+,12-,13+,14+/m0/s1. The number of thiazole rings is 1. The molecule has 2 bridgehead atoms. The predicted octanol–water partition coefficient (Wildman–Crippen LogP) is 2.54. The molecule has 8 heteroatoms. The molecule has 2 saturated carbocycles. The summed E-state index contributed by atoms with van der Waals surface area (Å²) in [5.74, 6) is -2.16. The summed E-state index contributed by atoms with van der Waals surface area (Å²) in [5, 5.41) is 10.8. The van der Waals surface area contributed by atoms with E-state index in [0.29, 0.717) is 5.75 Å². The van der Waals surface area contributed by atoms with E-state index in [-0.39, 0.29) is 33.8 Å². The highest BCUT2D eigenvalue weighted by molar-refractivity contribution is 8.00. The summed E-state index contributed by atoms with van der Waals surface area (Å²) < 4.78 is 5.72. The van der Waals surface area contributed by atoms with Gasteiger partial charge in [-0.15, -0.1) is 11.8 Å². The molecule has 0 unspecified atom stereocenters. The number of carbonyl (C=O) groups is 2. The van der Waals surface area contributed by atoms with Crippen molar-refractivity contribution >= 4 is 35.0 Å². The average Bonchev–Trinajstić information content (AvgIpc) is 3.29. The van der Waals surface area contributed by atoms with Gasteiger partial charge in [0.15, 0.2) is 0 Å². The van der Waals surface area contributed by atoms with Crippen LogP contribution in [0.3, 0.4) is 0 Å². The van der Waals surface area contributed by atoms with Crippen molar-refractivity contribution in [2.45, 2.75) is 22.6 Å². The number of rotatable bonds is 1. The maximum atomic E-state index is 12.9. The first kappa shape index (κ1) is 15.9. The van der Waals surface area contributed by atoms with E-state index in [1.54, 1.807) is 17.8 Å². The summed E-state index contributed by atoms with van der Waals surface area (Å²) in [6, 6.07) is 7.47. The molecule has 0 spiro atoms. The lowest BCUT2D eigenvalue weighted by Gasteiger charge is -2.45. The largest absolute Gasteiger partial charge is 0.481 e. The molecule has 2 aliphatic heterocycles. The number of fused-ring (bicyclic) bond motifs is 6. The quantitative estimate of drug-likeness (QED) is 0.563. The van der Waals surface area contributed by atoms with E-state index in [2.05, 4.69) is 4.98 Å². The molecule has 2 fully saturated rings. The van der Waals surface area contributed by atoms with Crippen molar-refractivity contribution in [1.29, 1.82) is 0 Å². The minimum absolute atomic E-state index is 0.0233. The van der Waals surface area contributed by atoms with E-state index in [4.69, 9.17) is 4.74 Å². The minimum atomic E-state index is -0.918. The molecule has 6 nitrogen and oxygen atoms in total. The second-order valence-electron chi connectivity index (χ2n) is 7.76. The van der Waals surface area contributed by atoms with Crippen LogP contribution in [0.25, 0.3) is 0 Å². The number of hydrogen-bond donors (Lipinski definition) is 2. The normalized spacial score (nSPS) is 37.8. The first-order valence-electron chi connectivity index (χ1n) is 8.97. The van der Waals surface area contributed by atoms with Gasteiger partial charge in [-0.3, -0.25) is 14.4 Å². The zero-order valence-electron chi connectivity index (χ0n) is 14.0. The topological polar surface area (TPSA) is 96.5 Å². The van der Waals surface area contributed by atoms with Crippen LogP contribution >= 0.6 is 23.1 Å². The number of benzene rings is 1. The number of carboxylic acid groups (broad SMARTS) is 1. The molecule has 1 aromatic carbocycles.